The van der Waals surface area contributed by atoms with E-state index >= 15 is 0 Å². The number of anilines is 1. The van der Waals surface area contributed by atoms with Gasteiger partial charge >= 0.3 is 6.18 Å². The van der Waals surface area contributed by atoms with Gasteiger partial charge in [-0.1, -0.05) is 11.8 Å². The largest absolute Gasteiger partial charge is 0.416 e. The number of halogens is 3. The third-order valence-electron chi connectivity index (χ3n) is 6.99. The molecular formula is C22H24F3N3O2S. The molecular weight excluding hydrogens is 427 g/mol. The number of carbonyl (C=O) groups excluding carboxylic acids is 2. The summed E-state index contributed by atoms with van der Waals surface area (Å²) in [5.41, 5.74) is -0.563. The van der Waals surface area contributed by atoms with Gasteiger partial charge in [-0.2, -0.15) is 13.2 Å². The number of aliphatic imine (C=N–C) groups is 1. The smallest absolute Gasteiger partial charge is 0.326 e. The average Bonchev–Trinajstić information content (AvgIpc) is 2.98. The first-order chi connectivity index (χ1) is 14.7. The molecule has 2 amide bonds. The Labute approximate surface area is 182 Å². The minimum atomic E-state index is -4.42. The van der Waals surface area contributed by atoms with Crippen molar-refractivity contribution < 1.29 is 22.8 Å². The van der Waals surface area contributed by atoms with Gasteiger partial charge in [0.05, 0.1) is 11.1 Å². The predicted octanol–water partition coefficient (Wildman–Crippen LogP) is 4.59. The third-order valence-corrected chi connectivity index (χ3v) is 8.07. The molecule has 5 aliphatic rings. The molecule has 1 heterocycles. The first kappa shape index (κ1) is 20.8. The highest BCUT2D eigenvalue weighted by atomic mass is 32.2. The summed E-state index contributed by atoms with van der Waals surface area (Å²) in [6, 6.07) is 4.26. The van der Waals surface area contributed by atoms with E-state index in [0.717, 1.165) is 49.1 Å². The Morgan fingerprint density at radius 3 is 2.23 bits per heavy atom. The van der Waals surface area contributed by atoms with Crippen molar-refractivity contribution in [1.29, 1.82) is 0 Å². The van der Waals surface area contributed by atoms with E-state index < -0.39 is 22.9 Å². The van der Waals surface area contributed by atoms with Gasteiger partial charge in [0.1, 0.15) is 5.25 Å². The molecule has 6 rings (SSSR count). The lowest BCUT2D eigenvalue weighted by Crippen LogP contribution is -2.50. The van der Waals surface area contributed by atoms with Crippen LogP contribution in [0.5, 0.6) is 0 Å². The number of alkyl halides is 3. The van der Waals surface area contributed by atoms with Crippen LogP contribution in [0, 0.1) is 17.8 Å². The van der Waals surface area contributed by atoms with Gasteiger partial charge in [-0.15, -0.1) is 0 Å². The topological polar surface area (TPSA) is 70.6 Å². The highest BCUT2D eigenvalue weighted by Crippen LogP contribution is 2.57. The summed E-state index contributed by atoms with van der Waals surface area (Å²) in [5, 5.41) is 5.44. The lowest BCUT2D eigenvalue weighted by atomic mass is 9.53. The van der Waals surface area contributed by atoms with Crippen LogP contribution in [0.25, 0.3) is 0 Å². The maximum Gasteiger partial charge on any atom is 0.416 e. The second kappa shape index (κ2) is 7.53. The van der Waals surface area contributed by atoms with Crippen molar-refractivity contribution in [3.8, 4) is 0 Å². The van der Waals surface area contributed by atoms with E-state index in [2.05, 4.69) is 10.6 Å². The van der Waals surface area contributed by atoms with Gasteiger partial charge in [-0.3, -0.25) is 14.6 Å². The number of rotatable bonds is 4. The molecule has 1 atom stereocenters. The van der Waals surface area contributed by atoms with Crippen molar-refractivity contribution in [3.63, 3.8) is 0 Å². The molecule has 1 aromatic carbocycles. The van der Waals surface area contributed by atoms with Gasteiger partial charge in [-0.25, -0.2) is 0 Å². The van der Waals surface area contributed by atoms with Crippen LogP contribution in [-0.2, 0) is 15.8 Å². The van der Waals surface area contributed by atoms with Crippen molar-refractivity contribution in [1.82, 2.24) is 5.32 Å². The molecule has 9 heteroatoms. The number of nitrogens with one attached hydrogen (secondary N) is 2. The molecule has 0 aromatic heterocycles. The Hall–Kier alpha value is -2.03. The molecule has 1 aromatic rings. The Kier molecular flexibility index (Phi) is 5.07. The molecule has 4 bridgehead atoms. The van der Waals surface area contributed by atoms with Crippen LogP contribution in [0.1, 0.15) is 50.5 Å². The standard InChI is InChI=1S/C22H24F3N3O2S/c23-22(24,25)15-1-3-16(4-2-15)26-18(29)8-17-19(30)27-20(31-17)28-21-9-12-5-13(10-21)7-14(6-12)11-21/h1-4,12-14,17H,5-11H2,(H,26,29)(H,27,28,30). The molecule has 1 saturated heterocycles. The quantitative estimate of drug-likeness (QED) is 0.704. The van der Waals surface area contributed by atoms with Gasteiger partial charge in [0.25, 0.3) is 0 Å². The molecule has 4 saturated carbocycles. The SMILES string of the molecule is O=C(CC1SC(=NC23CC4CC(CC(C4)C2)C3)NC1=O)Nc1ccc(C(F)(F)F)cc1. The summed E-state index contributed by atoms with van der Waals surface area (Å²) in [7, 11) is 0. The van der Waals surface area contributed by atoms with Crippen LogP contribution in [0.3, 0.4) is 0 Å². The van der Waals surface area contributed by atoms with E-state index in [0.29, 0.717) is 5.17 Å². The van der Waals surface area contributed by atoms with Crippen LogP contribution in [0.2, 0.25) is 0 Å². The number of hydrogen-bond donors (Lipinski definition) is 2. The minimum Gasteiger partial charge on any atom is -0.326 e. The molecule has 5 nitrogen and oxygen atoms in total. The van der Waals surface area contributed by atoms with E-state index in [1.54, 1.807) is 0 Å². The van der Waals surface area contributed by atoms with Crippen LogP contribution < -0.4 is 10.6 Å². The summed E-state index contributed by atoms with van der Waals surface area (Å²) in [6.45, 7) is 0. The van der Waals surface area contributed by atoms with E-state index in [4.69, 9.17) is 4.99 Å². The fourth-order valence-corrected chi connectivity index (χ4v) is 7.21. The van der Waals surface area contributed by atoms with Gasteiger partial charge in [0, 0.05) is 12.1 Å². The van der Waals surface area contributed by atoms with Gasteiger partial charge in [0.15, 0.2) is 5.17 Å². The fourth-order valence-electron chi connectivity index (χ4n) is 6.13. The number of nitrogens with zero attached hydrogens (tertiary/aromatic N) is 1. The number of thioether (sulfide) groups is 1. The summed E-state index contributed by atoms with van der Waals surface area (Å²) in [4.78, 5) is 29.7. The highest BCUT2D eigenvalue weighted by molar-refractivity contribution is 8.15. The maximum atomic E-state index is 12.7. The summed E-state index contributed by atoms with van der Waals surface area (Å²) < 4.78 is 38.0. The Morgan fingerprint density at radius 2 is 1.68 bits per heavy atom. The molecule has 1 aliphatic heterocycles. The number of amidine groups is 1. The molecule has 166 valence electrons. The first-order valence-corrected chi connectivity index (χ1v) is 11.6. The van der Waals surface area contributed by atoms with Gasteiger partial charge in [-0.05, 0) is 80.5 Å². The number of carbonyl (C=O) groups is 2. The Morgan fingerprint density at radius 1 is 1.10 bits per heavy atom. The number of hydrogen-bond acceptors (Lipinski definition) is 4. The van der Waals surface area contributed by atoms with Crippen LogP contribution in [0.4, 0.5) is 18.9 Å². The summed E-state index contributed by atoms with van der Waals surface area (Å²) >= 11 is 1.29. The molecule has 31 heavy (non-hydrogen) atoms. The number of amides is 2. The molecule has 4 aliphatic carbocycles. The average molecular weight is 452 g/mol. The highest BCUT2D eigenvalue weighted by Gasteiger charge is 2.51. The van der Waals surface area contributed by atoms with Gasteiger partial charge < -0.3 is 10.6 Å². The molecule has 0 radical (unpaired) electrons. The number of benzene rings is 1. The maximum absolute atomic E-state index is 12.7. The minimum absolute atomic E-state index is 0.0538. The second-order valence-electron chi connectivity index (χ2n) is 9.48. The Balaban J connectivity index is 1.20. The predicted molar refractivity (Wildman–Crippen MR) is 113 cm³/mol. The first-order valence-electron chi connectivity index (χ1n) is 10.7. The van der Waals surface area contributed by atoms with E-state index in [1.807, 2.05) is 0 Å². The second-order valence-corrected chi connectivity index (χ2v) is 10.7. The van der Waals surface area contributed by atoms with Crippen molar-refractivity contribution in [2.45, 2.75) is 61.9 Å². The molecule has 1 unspecified atom stereocenters. The van der Waals surface area contributed by atoms with E-state index in [9.17, 15) is 22.8 Å². The van der Waals surface area contributed by atoms with Crippen LogP contribution in [0.15, 0.2) is 29.3 Å². The van der Waals surface area contributed by atoms with Crippen molar-refractivity contribution in [2.24, 2.45) is 22.7 Å². The summed E-state index contributed by atoms with van der Waals surface area (Å²) in [6.07, 6.45) is 2.75. The summed E-state index contributed by atoms with van der Waals surface area (Å²) in [5.74, 6) is 1.61. The van der Waals surface area contributed by atoms with Crippen molar-refractivity contribution >= 4 is 34.4 Å². The normalized spacial score (nSPS) is 35.5. The fraction of sp³-hybridized carbons (Fsp3) is 0.591. The zero-order valence-electron chi connectivity index (χ0n) is 16.9. The van der Waals surface area contributed by atoms with Gasteiger partial charge in [0.2, 0.25) is 11.8 Å². The van der Waals surface area contributed by atoms with Crippen LogP contribution in [-0.4, -0.2) is 27.8 Å². The van der Waals surface area contributed by atoms with E-state index in [-0.39, 0.29) is 23.6 Å². The lowest BCUT2D eigenvalue weighted by molar-refractivity contribution is -0.137. The zero-order valence-corrected chi connectivity index (χ0v) is 17.7. The van der Waals surface area contributed by atoms with Crippen molar-refractivity contribution in [3.05, 3.63) is 29.8 Å². The van der Waals surface area contributed by atoms with Crippen LogP contribution >= 0.6 is 11.8 Å². The molecule has 0 spiro atoms. The molecule has 5 fully saturated rings. The third kappa shape index (κ3) is 4.33. The zero-order chi connectivity index (χ0) is 21.8. The Bertz CT molecular complexity index is 894. The molecule has 2 N–H and O–H groups in total. The monoisotopic (exact) mass is 451 g/mol. The van der Waals surface area contributed by atoms with Crippen molar-refractivity contribution in [2.75, 3.05) is 5.32 Å². The van der Waals surface area contributed by atoms with E-state index in [1.165, 1.54) is 43.2 Å². The lowest BCUT2D eigenvalue weighted by Gasteiger charge is -2.55.